The van der Waals surface area contributed by atoms with E-state index in [-0.39, 0.29) is 12.3 Å². The van der Waals surface area contributed by atoms with Crippen LogP contribution in [0.1, 0.15) is 0 Å². The van der Waals surface area contributed by atoms with Crippen LogP contribution in [0.5, 0.6) is 5.75 Å². The molecule has 0 spiro atoms. The van der Waals surface area contributed by atoms with Gasteiger partial charge in [-0.2, -0.15) is 14.6 Å². The van der Waals surface area contributed by atoms with Gasteiger partial charge in [-0.05, 0) is 36.4 Å². The van der Waals surface area contributed by atoms with Gasteiger partial charge in [0.25, 0.3) is 0 Å². The molecule has 0 atom stereocenters. The van der Waals surface area contributed by atoms with Crippen LogP contribution < -0.4 is 9.80 Å². The zero-order valence-electron chi connectivity index (χ0n) is 18.4. The normalized spacial score (nSPS) is 14.2. The number of imidazole rings is 1. The number of rotatable bonds is 5. The summed E-state index contributed by atoms with van der Waals surface area (Å²) in [6.45, 7) is 2.47. The fraction of sp³-hybridized carbons (Fsp3) is 0.227. The third-order valence-electron chi connectivity index (χ3n) is 5.93. The number of carbonyl (C=O) groups is 1. The molecule has 2 N–H and O–H groups in total. The first kappa shape index (κ1) is 20.8. The van der Waals surface area contributed by atoms with E-state index in [1.807, 2.05) is 17.0 Å². The summed E-state index contributed by atoms with van der Waals surface area (Å²) in [7, 11) is 0. The fourth-order valence-corrected chi connectivity index (χ4v) is 4.20. The Morgan fingerprint density at radius 3 is 2.49 bits per heavy atom. The summed E-state index contributed by atoms with van der Waals surface area (Å²) in [6, 6.07) is 10.7. The summed E-state index contributed by atoms with van der Waals surface area (Å²) in [4.78, 5) is 33.9. The molecular weight excluding hydrogens is 452 g/mol. The van der Waals surface area contributed by atoms with Crippen LogP contribution in [0.25, 0.3) is 28.1 Å². The van der Waals surface area contributed by atoms with Crippen molar-refractivity contribution in [3.63, 3.8) is 0 Å². The molecule has 0 aliphatic carbocycles. The average molecular weight is 472 g/mol. The van der Waals surface area contributed by atoms with Crippen LogP contribution in [0.2, 0.25) is 0 Å². The third-order valence-corrected chi connectivity index (χ3v) is 5.93. The number of nitrogens with zero attached hydrogens (tertiary/aromatic N) is 10. The molecule has 0 bridgehead atoms. The van der Waals surface area contributed by atoms with Gasteiger partial charge in [-0.3, -0.25) is 4.79 Å². The van der Waals surface area contributed by atoms with Gasteiger partial charge in [-0.25, -0.2) is 9.97 Å². The number of anilines is 2. The van der Waals surface area contributed by atoms with E-state index in [2.05, 4.69) is 25.2 Å². The first-order chi connectivity index (χ1) is 17.1. The second-order valence-corrected chi connectivity index (χ2v) is 8.12. The maximum atomic E-state index is 11.4. The Labute approximate surface area is 197 Å². The smallest absolute Gasteiger partial charge is 0.323 e. The van der Waals surface area contributed by atoms with E-state index in [0.29, 0.717) is 47.2 Å². The molecule has 5 aromatic rings. The maximum absolute atomic E-state index is 11.4. The molecule has 0 saturated carbocycles. The Bertz CT molecular complexity index is 1540. The second-order valence-electron chi connectivity index (χ2n) is 8.12. The van der Waals surface area contributed by atoms with Crippen LogP contribution >= 0.6 is 0 Å². The monoisotopic (exact) mass is 472 g/mol. The van der Waals surface area contributed by atoms with Crippen LogP contribution in [0.15, 0.2) is 48.9 Å². The number of phenols is 1. The lowest BCUT2D eigenvalue weighted by Crippen LogP contribution is -2.47. The topological polar surface area (TPSA) is 151 Å². The van der Waals surface area contributed by atoms with Gasteiger partial charge in [0.1, 0.15) is 17.8 Å². The van der Waals surface area contributed by atoms with Crippen molar-refractivity contribution in [3.8, 4) is 11.6 Å². The molecule has 5 heterocycles. The predicted molar refractivity (Wildman–Crippen MR) is 126 cm³/mol. The molecule has 1 aliphatic rings. The molecule has 35 heavy (non-hydrogen) atoms. The Morgan fingerprint density at radius 2 is 1.71 bits per heavy atom. The van der Waals surface area contributed by atoms with Gasteiger partial charge in [0.05, 0.1) is 6.33 Å². The SMILES string of the molecule is O=C(O)Cn1cnc2c(-n3nnc4cccnc43)nc(N3CCN(c4ccc(O)cc4)CC3)nc21. The summed E-state index contributed by atoms with van der Waals surface area (Å²) in [5, 5.41) is 27.3. The summed E-state index contributed by atoms with van der Waals surface area (Å²) < 4.78 is 2.99. The molecule has 1 aliphatic heterocycles. The molecule has 1 fully saturated rings. The fourth-order valence-electron chi connectivity index (χ4n) is 4.20. The van der Waals surface area contributed by atoms with Gasteiger partial charge >= 0.3 is 5.97 Å². The molecule has 0 amide bonds. The molecule has 0 radical (unpaired) electrons. The highest BCUT2D eigenvalue weighted by Gasteiger charge is 2.24. The predicted octanol–water partition coefficient (Wildman–Crippen LogP) is 1.07. The van der Waals surface area contributed by atoms with Crippen molar-refractivity contribution >= 4 is 39.9 Å². The highest BCUT2D eigenvalue weighted by Crippen LogP contribution is 2.25. The molecule has 6 rings (SSSR count). The molecule has 0 unspecified atom stereocenters. The van der Waals surface area contributed by atoms with Crippen LogP contribution in [0, 0.1) is 0 Å². The molecule has 13 nitrogen and oxygen atoms in total. The van der Waals surface area contributed by atoms with Crippen LogP contribution in [0.3, 0.4) is 0 Å². The Kier molecular flexibility index (Phi) is 4.87. The van der Waals surface area contributed by atoms with Gasteiger partial charge in [0, 0.05) is 38.1 Å². The van der Waals surface area contributed by atoms with Crippen molar-refractivity contribution in [2.45, 2.75) is 6.54 Å². The Balaban J connectivity index is 1.39. The van der Waals surface area contributed by atoms with Crippen molar-refractivity contribution in [3.05, 3.63) is 48.9 Å². The number of phenolic OH excluding ortho intramolecular Hbond substituents is 1. The second kappa shape index (κ2) is 8.20. The van der Waals surface area contributed by atoms with Crippen molar-refractivity contribution in [2.75, 3.05) is 36.0 Å². The molecule has 1 saturated heterocycles. The molecule has 176 valence electrons. The molecule has 1 aromatic carbocycles. The number of pyridine rings is 1. The maximum Gasteiger partial charge on any atom is 0.323 e. The van der Waals surface area contributed by atoms with Crippen molar-refractivity contribution in [2.24, 2.45) is 0 Å². The minimum absolute atomic E-state index is 0.231. The standard InChI is InChI=1S/C22H20N10O3/c33-15-5-3-14(4-6-15)29-8-10-30(11-9-29)22-25-20-18(24-13-31(20)12-17(34)35)21(26-22)32-19-16(27-28-32)2-1-7-23-19/h1-7,13,33H,8-12H2,(H,34,35). The lowest BCUT2D eigenvalue weighted by molar-refractivity contribution is -0.137. The first-order valence-electron chi connectivity index (χ1n) is 11.0. The number of benzene rings is 1. The zero-order valence-corrected chi connectivity index (χ0v) is 18.4. The molecule has 4 aromatic heterocycles. The van der Waals surface area contributed by atoms with E-state index >= 15 is 0 Å². The minimum atomic E-state index is -0.999. The third kappa shape index (κ3) is 3.72. The van der Waals surface area contributed by atoms with E-state index < -0.39 is 5.97 Å². The van der Waals surface area contributed by atoms with E-state index in [1.165, 1.54) is 15.6 Å². The van der Waals surface area contributed by atoms with Crippen molar-refractivity contribution in [1.29, 1.82) is 0 Å². The number of aromatic nitrogens is 8. The van der Waals surface area contributed by atoms with Crippen LogP contribution in [-0.2, 0) is 11.3 Å². The highest BCUT2D eigenvalue weighted by atomic mass is 16.4. The number of carboxylic acid groups (broad SMARTS) is 1. The average Bonchev–Trinajstić information content (AvgIpc) is 3.48. The number of hydrogen-bond donors (Lipinski definition) is 2. The van der Waals surface area contributed by atoms with Crippen LogP contribution in [0.4, 0.5) is 11.6 Å². The van der Waals surface area contributed by atoms with Gasteiger partial charge in [0.15, 0.2) is 22.6 Å². The largest absolute Gasteiger partial charge is 0.508 e. The first-order valence-corrected chi connectivity index (χ1v) is 11.0. The summed E-state index contributed by atoms with van der Waals surface area (Å²) in [6.07, 6.45) is 3.09. The highest BCUT2D eigenvalue weighted by molar-refractivity contribution is 5.84. The Morgan fingerprint density at radius 1 is 0.943 bits per heavy atom. The lowest BCUT2D eigenvalue weighted by atomic mass is 10.2. The summed E-state index contributed by atoms with van der Waals surface area (Å²) in [5.74, 6) is 0.0667. The lowest BCUT2D eigenvalue weighted by Gasteiger charge is -2.36. The van der Waals surface area contributed by atoms with Crippen molar-refractivity contribution < 1.29 is 15.0 Å². The van der Waals surface area contributed by atoms with Gasteiger partial charge in [0.2, 0.25) is 5.95 Å². The summed E-state index contributed by atoms with van der Waals surface area (Å²) in [5.41, 5.74) is 2.96. The molecule has 13 heteroatoms. The van der Waals surface area contributed by atoms with E-state index in [0.717, 1.165) is 18.8 Å². The summed E-state index contributed by atoms with van der Waals surface area (Å²) >= 11 is 0. The number of carboxylic acids is 1. The zero-order chi connectivity index (χ0) is 23.9. The van der Waals surface area contributed by atoms with Crippen molar-refractivity contribution in [1.82, 2.24) is 39.5 Å². The van der Waals surface area contributed by atoms with Crippen LogP contribution in [-0.4, -0.2) is 81.9 Å². The molecular formula is C22H20N10O3. The quantitative estimate of drug-likeness (QED) is 0.378. The van der Waals surface area contributed by atoms with E-state index in [1.54, 1.807) is 30.5 Å². The van der Waals surface area contributed by atoms with Gasteiger partial charge in [-0.1, -0.05) is 5.21 Å². The number of aromatic hydroxyl groups is 1. The van der Waals surface area contributed by atoms with Gasteiger partial charge in [-0.15, -0.1) is 5.10 Å². The minimum Gasteiger partial charge on any atom is -0.508 e. The number of fused-ring (bicyclic) bond motifs is 2. The van der Waals surface area contributed by atoms with Gasteiger partial charge < -0.3 is 24.6 Å². The number of piperazine rings is 1. The number of aliphatic carboxylic acids is 1. The van der Waals surface area contributed by atoms with E-state index in [4.69, 9.17) is 9.97 Å². The van der Waals surface area contributed by atoms with E-state index in [9.17, 15) is 15.0 Å². The Hall–Kier alpha value is -4.81. The number of hydrogen-bond acceptors (Lipinski definition) is 10.